The van der Waals surface area contributed by atoms with Crippen LogP contribution in [0, 0.1) is 0 Å². The van der Waals surface area contributed by atoms with Crippen LogP contribution in [0.3, 0.4) is 0 Å². The molecular weight excluding hydrogens is 284 g/mol. The van der Waals surface area contributed by atoms with Crippen LogP contribution in [-0.2, 0) is 17.9 Å². The van der Waals surface area contributed by atoms with Gasteiger partial charge in [-0.25, -0.2) is 4.98 Å². The molecule has 1 saturated heterocycles. The fourth-order valence-electron chi connectivity index (χ4n) is 2.76. The summed E-state index contributed by atoms with van der Waals surface area (Å²) in [7, 11) is 0. The third-order valence-electron chi connectivity index (χ3n) is 4.02. The molecule has 0 spiro atoms. The molecule has 2 atom stereocenters. The van der Waals surface area contributed by atoms with Gasteiger partial charge in [-0.3, -0.25) is 4.90 Å². The van der Waals surface area contributed by atoms with Crippen LogP contribution in [0.15, 0.2) is 10.5 Å². The third-order valence-corrected chi connectivity index (χ3v) is 5.06. The average Bonchev–Trinajstić information content (AvgIpc) is 2.91. The number of amidine groups is 1. The maximum absolute atomic E-state index is 5.99. The van der Waals surface area contributed by atoms with Crippen LogP contribution in [0.4, 0.5) is 0 Å². The highest BCUT2D eigenvalue weighted by Crippen LogP contribution is 2.21. The fraction of sp³-hybridized carbons (Fsp3) is 0.733. The Morgan fingerprint density at radius 2 is 2.19 bits per heavy atom. The molecule has 1 aliphatic rings. The zero-order valence-electron chi connectivity index (χ0n) is 13.2. The highest BCUT2D eigenvalue weighted by molar-refractivity contribution is 7.09. The Kier molecular flexibility index (Phi) is 5.99. The summed E-state index contributed by atoms with van der Waals surface area (Å²) >= 11 is 1.66. The van der Waals surface area contributed by atoms with Gasteiger partial charge in [0.15, 0.2) is 12.4 Å². The largest absolute Gasteiger partial charge is 0.388 e. The van der Waals surface area contributed by atoms with E-state index < -0.39 is 0 Å². The van der Waals surface area contributed by atoms with E-state index in [9.17, 15) is 0 Å². The normalized spacial score (nSPS) is 24.2. The van der Waals surface area contributed by atoms with Gasteiger partial charge in [0.05, 0.1) is 17.2 Å². The van der Waals surface area contributed by atoms with E-state index in [1.54, 1.807) is 11.3 Å². The monoisotopic (exact) mass is 310 g/mol. The predicted molar refractivity (Wildman–Crippen MR) is 87.4 cm³/mol. The van der Waals surface area contributed by atoms with Crippen molar-refractivity contribution >= 4 is 17.2 Å². The molecule has 1 fully saturated rings. The maximum atomic E-state index is 5.99. The van der Waals surface area contributed by atoms with Crippen molar-refractivity contribution in [2.75, 3.05) is 6.54 Å². The molecule has 0 aromatic carbocycles. The highest BCUT2D eigenvalue weighted by Gasteiger charge is 2.25. The minimum absolute atomic E-state index is 0.391. The van der Waals surface area contributed by atoms with E-state index in [1.165, 1.54) is 19.3 Å². The third kappa shape index (κ3) is 4.68. The minimum atomic E-state index is 0.391. The van der Waals surface area contributed by atoms with Crippen LogP contribution in [0.2, 0.25) is 0 Å². The van der Waals surface area contributed by atoms with E-state index in [1.807, 2.05) is 5.38 Å². The number of oxime groups is 1. The van der Waals surface area contributed by atoms with Crippen molar-refractivity contribution < 1.29 is 4.84 Å². The molecule has 5 nitrogen and oxygen atoms in total. The SMILES string of the molecule is CCc1nc(CO/N=C(/N)CN2[C@H](C)CCC[C@@H]2C)cs1. The molecule has 0 bridgehead atoms. The van der Waals surface area contributed by atoms with E-state index in [2.05, 4.69) is 35.8 Å². The van der Waals surface area contributed by atoms with Crippen LogP contribution < -0.4 is 5.73 Å². The predicted octanol–water partition coefficient (Wildman–Crippen LogP) is 2.76. The van der Waals surface area contributed by atoms with Crippen molar-refractivity contribution in [1.29, 1.82) is 0 Å². The minimum Gasteiger partial charge on any atom is -0.388 e. The van der Waals surface area contributed by atoms with Gasteiger partial charge in [0.2, 0.25) is 0 Å². The Balaban J connectivity index is 1.80. The van der Waals surface area contributed by atoms with Crippen LogP contribution in [0.1, 0.15) is 50.7 Å². The van der Waals surface area contributed by atoms with Gasteiger partial charge in [-0.05, 0) is 33.1 Å². The van der Waals surface area contributed by atoms with E-state index in [0.717, 1.165) is 17.1 Å². The van der Waals surface area contributed by atoms with Gasteiger partial charge in [-0.2, -0.15) is 0 Å². The summed E-state index contributed by atoms with van der Waals surface area (Å²) in [6, 6.07) is 1.13. The smallest absolute Gasteiger partial charge is 0.160 e. The molecule has 21 heavy (non-hydrogen) atoms. The highest BCUT2D eigenvalue weighted by atomic mass is 32.1. The number of piperidine rings is 1. The molecule has 2 rings (SSSR count). The van der Waals surface area contributed by atoms with Crippen LogP contribution in [0.5, 0.6) is 0 Å². The molecular formula is C15H26N4OS. The van der Waals surface area contributed by atoms with E-state index >= 15 is 0 Å². The number of nitrogens with two attached hydrogens (primary N) is 1. The van der Waals surface area contributed by atoms with Gasteiger partial charge in [0.25, 0.3) is 0 Å². The Morgan fingerprint density at radius 1 is 1.48 bits per heavy atom. The number of aromatic nitrogens is 1. The zero-order valence-corrected chi connectivity index (χ0v) is 14.0. The first kappa shape index (κ1) is 16.2. The second-order valence-electron chi connectivity index (χ2n) is 5.74. The van der Waals surface area contributed by atoms with Gasteiger partial charge >= 0.3 is 0 Å². The maximum Gasteiger partial charge on any atom is 0.160 e. The van der Waals surface area contributed by atoms with Crippen molar-refractivity contribution in [2.45, 2.75) is 65.1 Å². The summed E-state index contributed by atoms with van der Waals surface area (Å²) in [5.41, 5.74) is 6.91. The Bertz CT molecular complexity index is 464. The fourth-order valence-corrected chi connectivity index (χ4v) is 3.49. The molecule has 0 unspecified atom stereocenters. The van der Waals surface area contributed by atoms with Gasteiger partial charge in [0.1, 0.15) is 0 Å². The van der Waals surface area contributed by atoms with Crippen molar-refractivity contribution in [3.8, 4) is 0 Å². The van der Waals surface area contributed by atoms with Crippen LogP contribution >= 0.6 is 11.3 Å². The summed E-state index contributed by atoms with van der Waals surface area (Å²) in [6.45, 7) is 7.68. The first-order valence-electron chi connectivity index (χ1n) is 7.73. The number of likely N-dealkylation sites (tertiary alicyclic amines) is 1. The molecule has 1 aromatic rings. The molecule has 0 amide bonds. The van der Waals surface area contributed by atoms with Crippen molar-refractivity contribution in [2.24, 2.45) is 10.9 Å². The van der Waals surface area contributed by atoms with Gasteiger partial charge in [-0.1, -0.05) is 18.5 Å². The number of aryl methyl sites for hydroxylation is 1. The van der Waals surface area contributed by atoms with E-state index in [-0.39, 0.29) is 0 Å². The first-order valence-corrected chi connectivity index (χ1v) is 8.61. The average molecular weight is 310 g/mol. The number of hydrogen-bond donors (Lipinski definition) is 1. The van der Waals surface area contributed by atoms with Gasteiger partial charge in [0, 0.05) is 17.5 Å². The topological polar surface area (TPSA) is 63.7 Å². The Labute approximate surface area is 131 Å². The molecule has 2 heterocycles. The molecule has 2 N–H and O–H groups in total. The van der Waals surface area contributed by atoms with Gasteiger partial charge < -0.3 is 10.6 Å². The summed E-state index contributed by atoms with van der Waals surface area (Å²) in [5, 5.41) is 7.17. The Morgan fingerprint density at radius 3 is 2.81 bits per heavy atom. The number of nitrogens with zero attached hydrogens (tertiary/aromatic N) is 3. The van der Waals surface area contributed by atoms with E-state index in [4.69, 9.17) is 10.6 Å². The van der Waals surface area contributed by atoms with E-state index in [0.29, 0.717) is 31.1 Å². The van der Waals surface area contributed by atoms with Crippen molar-refractivity contribution in [1.82, 2.24) is 9.88 Å². The lowest BCUT2D eigenvalue weighted by atomic mass is 9.97. The molecule has 6 heteroatoms. The standard InChI is InChI=1S/C15H26N4OS/c1-4-15-17-13(10-21-15)9-20-18-14(16)8-19-11(2)6-5-7-12(19)3/h10-12H,4-9H2,1-3H3,(H2,16,18)/t11-,12+. The summed E-state index contributed by atoms with van der Waals surface area (Å²) in [5.74, 6) is 0.543. The van der Waals surface area contributed by atoms with Crippen LogP contribution in [0.25, 0.3) is 0 Å². The molecule has 0 saturated carbocycles. The molecule has 0 radical (unpaired) electrons. The lowest BCUT2D eigenvalue weighted by Crippen LogP contribution is -2.47. The molecule has 118 valence electrons. The van der Waals surface area contributed by atoms with Crippen molar-refractivity contribution in [3.05, 3.63) is 16.1 Å². The molecule has 0 aliphatic carbocycles. The summed E-state index contributed by atoms with van der Waals surface area (Å²) in [4.78, 5) is 12.2. The Hall–Kier alpha value is -1.14. The molecule has 1 aromatic heterocycles. The summed E-state index contributed by atoms with van der Waals surface area (Å²) in [6.07, 6.45) is 4.73. The number of rotatable bonds is 6. The number of hydrogen-bond acceptors (Lipinski definition) is 5. The zero-order chi connectivity index (χ0) is 15.2. The number of thiazole rings is 1. The second kappa shape index (κ2) is 7.75. The quantitative estimate of drug-likeness (QED) is 0.498. The van der Waals surface area contributed by atoms with Crippen molar-refractivity contribution in [3.63, 3.8) is 0 Å². The van der Waals surface area contributed by atoms with Crippen LogP contribution in [-0.4, -0.2) is 34.3 Å². The molecule has 1 aliphatic heterocycles. The second-order valence-corrected chi connectivity index (χ2v) is 6.69. The lowest BCUT2D eigenvalue weighted by Gasteiger charge is -2.38. The summed E-state index contributed by atoms with van der Waals surface area (Å²) < 4.78 is 0. The lowest BCUT2D eigenvalue weighted by molar-refractivity contribution is 0.110. The van der Waals surface area contributed by atoms with Gasteiger partial charge in [-0.15, -0.1) is 11.3 Å². The first-order chi connectivity index (χ1) is 10.1.